The minimum absolute atomic E-state index is 0.142. The first-order valence-corrected chi connectivity index (χ1v) is 5.36. The van der Waals surface area contributed by atoms with E-state index in [1.54, 1.807) is 18.2 Å². The van der Waals surface area contributed by atoms with Crippen molar-refractivity contribution in [3.8, 4) is 11.5 Å². The van der Waals surface area contributed by atoms with Crippen LogP contribution < -0.4 is 14.8 Å². The number of hydrogen-bond acceptors (Lipinski definition) is 4. The molecule has 1 amide bonds. The highest BCUT2D eigenvalue weighted by atomic mass is 35.5. The molecule has 6 heteroatoms. The van der Waals surface area contributed by atoms with Crippen LogP contribution in [0.15, 0.2) is 18.2 Å². The second kappa shape index (κ2) is 4.63. The third-order valence-corrected chi connectivity index (χ3v) is 2.52. The van der Waals surface area contributed by atoms with Gasteiger partial charge in [0.1, 0.15) is 0 Å². The first-order chi connectivity index (χ1) is 8.08. The molecule has 1 N–H and O–H groups in total. The molecule has 17 heavy (non-hydrogen) atoms. The number of alkyl halides is 1. The van der Waals surface area contributed by atoms with Gasteiger partial charge in [-0.05, 0) is 18.2 Å². The zero-order valence-corrected chi connectivity index (χ0v) is 9.78. The van der Waals surface area contributed by atoms with E-state index in [1.807, 2.05) is 0 Å². The smallest absolute Gasteiger partial charge is 0.231 e. The Morgan fingerprint density at radius 3 is 2.76 bits per heavy atom. The van der Waals surface area contributed by atoms with Crippen LogP contribution >= 0.6 is 11.6 Å². The maximum Gasteiger partial charge on any atom is 0.231 e. The summed E-state index contributed by atoms with van der Waals surface area (Å²) in [5.41, 5.74) is -0.712. The quantitative estimate of drug-likeness (QED) is 0.502. The van der Waals surface area contributed by atoms with Crippen LogP contribution in [0.4, 0.5) is 0 Å². The molecule has 90 valence electrons. The Bertz CT molecular complexity index is 475. The van der Waals surface area contributed by atoms with Crippen molar-refractivity contribution in [1.82, 2.24) is 5.32 Å². The van der Waals surface area contributed by atoms with Crippen LogP contribution in [0.2, 0.25) is 0 Å². The summed E-state index contributed by atoms with van der Waals surface area (Å²) in [5.74, 6) is 0.342. The molecule has 1 aromatic rings. The third kappa shape index (κ3) is 2.50. The number of rotatable bonds is 3. The minimum Gasteiger partial charge on any atom is -0.454 e. The lowest BCUT2D eigenvalue weighted by Crippen LogP contribution is -2.35. The van der Waals surface area contributed by atoms with E-state index >= 15 is 0 Å². The molecule has 1 heterocycles. The van der Waals surface area contributed by atoms with Gasteiger partial charge in [-0.2, -0.15) is 0 Å². The molecule has 1 atom stereocenters. The molecule has 0 saturated carbocycles. The second-order valence-electron chi connectivity index (χ2n) is 3.50. The largest absolute Gasteiger partial charge is 0.454 e. The van der Waals surface area contributed by atoms with Gasteiger partial charge in [0, 0.05) is 12.5 Å². The molecule has 2 rings (SSSR count). The van der Waals surface area contributed by atoms with Crippen molar-refractivity contribution in [3.05, 3.63) is 23.8 Å². The van der Waals surface area contributed by atoms with Gasteiger partial charge in [0.2, 0.25) is 18.5 Å². The highest BCUT2D eigenvalue weighted by molar-refractivity contribution is 6.34. The molecule has 0 aromatic heterocycles. The number of amides is 1. The number of halogens is 1. The first-order valence-electron chi connectivity index (χ1n) is 4.93. The predicted molar refractivity (Wildman–Crippen MR) is 60.4 cm³/mol. The van der Waals surface area contributed by atoms with Crippen molar-refractivity contribution in [2.45, 2.75) is 12.4 Å². The molecule has 0 aliphatic carbocycles. The van der Waals surface area contributed by atoms with Crippen LogP contribution in [0, 0.1) is 0 Å². The van der Waals surface area contributed by atoms with Crippen molar-refractivity contribution in [3.63, 3.8) is 0 Å². The van der Waals surface area contributed by atoms with Crippen molar-refractivity contribution in [2.75, 3.05) is 6.79 Å². The summed E-state index contributed by atoms with van der Waals surface area (Å²) < 4.78 is 10.3. The van der Waals surface area contributed by atoms with E-state index in [2.05, 4.69) is 5.32 Å². The zero-order valence-electron chi connectivity index (χ0n) is 9.03. The minimum atomic E-state index is -1.08. The van der Waals surface area contributed by atoms with E-state index < -0.39 is 5.50 Å². The monoisotopic (exact) mass is 255 g/mol. The Balaban J connectivity index is 2.17. The molecule has 0 bridgehead atoms. The standard InChI is InChI=1S/C11H10ClNO4/c1-6(14)13-11(12)10(15)7-2-3-8-9(4-7)17-5-16-8/h2-4,11H,5H2,1H3,(H,13,14). The maximum absolute atomic E-state index is 11.8. The number of ketones is 1. The fourth-order valence-electron chi connectivity index (χ4n) is 1.44. The Kier molecular flexibility index (Phi) is 3.19. The summed E-state index contributed by atoms with van der Waals surface area (Å²) in [6, 6.07) is 4.75. The molecular formula is C11H10ClNO4. The Hall–Kier alpha value is -1.75. The summed E-state index contributed by atoms with van der Waals surface area (Å²) in [7, 11) is 0. The molecule has 1 unspecified atom stereocenters. The van der Waals surface area contributed by atoms with Crippen molar-refractivity contribution in [1.29, 1.82) is 0 Å². The molecule has 0 saturated heterocycles. The van der Waals surface area contributed by atoms with Gasteiger partial charge in [0.15, 0.2) is 17.0 Å². The second-order valence-corrected chi connectivity index (χ2v) is 3.93. The molecule has 5 nitrogen and oxygen atoms in total. The van der Waals surface area contributed by atoms with E-state index in [0.29, 0.717) is 17.1 Å². The van der Waals surface area contributed by atoms with E-state index in [1.165, 1.54) is 6.92 Å². The number of benzene rings is 1. The molecule has 0 radical (unpaired) electrons. The summed E-state index contributed by atoms with van der Waals surface area (Å²) >= 11 is 5.76. The number of carbonyl (C=O) groups is 2. The van der Waals surface area contributed by atoms with Crippen molar-refractivity contribution in [2.24, 2.45) is 0 Å². The van der Waals surface area contributed by atoms with E-state index in [9.17, 15) is 9.59 Å². The molecule has 1 aliphatic heterocycles. The van der Waals surface area contributed by atoms with Crippen LogP contribution in [0.3, 0.4) is 0 Å². The average Bonchev–Trinajstić information content (AvgIpc) is 2.73. The van der Waals surface area contributed by atoms with Gasteiger partial charge in [0.25, 0.3) is 0 Å². The summed E-state index contributed by atoms with van der Waals surface area (Å²) in [4.78, 5) is 22.6. The van der Waals surface area contributed by atoms with Crippen molar-refractivity contribution < 1.29 is 19.1 Å². The molecule has 1 aromatic carbocycles. The molecule has 0 spiro atoms. The zero-order chi connectivity index (χ0) is 12.4. The number of hydrogen-bond donors (Lipinski definition) is 1. The van der Waals surface area contributed by atoms with Crippen LogP contribution in [0.1, 0.15) is 17.3 Å². The van der Waals surface area contributed by atoms with Crippen LogP contribution in [-0.4, -0.2) is 24.0 Å². The van der Waals surface area contributed by atoms with Gasteiger partial charge >= 0.3 is 0 Å². The average molecular weight is 256 g/mol. The summed E-state index contributed by atoms with van der Waals surface area (Å²) in [5, 5.41) is 2.31. The van der Waals surface area contributed by atoms with Gasteiger partial charge in [-0.25, -0.2) is 0 Å². The lowest BCUT2D eigenvalue weighted by molar-refractivity contribution is -0.119. The number of ether oxygens (including phenoxy) is 2. The van der Waals surface area contributed by atoms with E-state index in [4.69, 9.17) is 21.1 Å². The topological polar surface area (TPSA) is 64.6 Å². The van der Waals surface area contributed by atoms with Crippen LogP contribution in [0.5, 0.6) is 11.5 Å². The SMILES string of the molecule is CC(=O)NC(Cl)C(=O)c1ccc2c(c1)OCO2. The van der Waals surface area contributed by atoms with E-state index in [0.717, 1.165) is 0 Å². The Morgan fingerprint density at radius 2 is 2.06 bits per heavy atom. The summed E-state index contributed by atoms with van der Waals surface area (Å²) in [6.45, 7) is 1.44. The number of fused-ring (bicyclic) bond motifs is 1. The third-order valence-electron chi connectivity index (χ3n) is 2.22. The van der Waals surface area contributed by atoms with Gasteiger partial charge in [-0.1, -0.05) is 11.6 Å². The molecule has 1 aliphatic rings. The van der Waals surface area contributed by atoms with Gasteiger partial charge in [-0.3, -0.25) is 9.59 Å². The van der Waals surface area contributed by atoms with Gasteiger partial charge < -0.3 is 14.8 Å². The fraction of sp³-hybridized carbons (Fsp3) is 0.273. The first kappa shape index (κ1) is 11.7. The number of nitrogens with one attached hydrogen (secondary N) is 1. The highest BCUT2D eigenvalue weighted by Crippen LogP contribution is 2.32. The predicted octanol–water partition coefficient (Wildman–Crippen LogP) is 1.30. The molecular weight excluding hydrogens is 246 g/mol. The van der Waals surface area contributed by atoms with Crippen molar-refractivity contribution >= 4 is 23.3 Å². The van der Waals surface area contributed by atoms with Gasteiger partial charge in [0.05, 0.1) is 0 Å². The fourth-order valence-corrected chi connectivity index (χ4v) is 1.72. The van der Waals surface area contributed by atoms with Crippen LogP contribution in [0.25, 0.3) is 0 Å². The lowest BCUT2D eigenvalue weighted by Gasteiger charge is -2.09. The Morgan fingerprint density at radius 1 is 1.35 bits per heavy atom. The maximum atomic E-state index is 11.8. The normalized spacial score (nSPS) is 14.2. The number of carbonyl (C=O) groups excluding carboxylic acids is 2. The summed E-state index contributed by atoms with van der Waals surface area (Å²) in [6.07, 6.45) is 0. The lowest BCUT2D eigenvalue weighted by atomic mass is 10.1. The van der Waals surface area contributed by atoms with Gasteiger partial charge in [-0.15, -0.1) is 0 Å². The van der Waals surface area contributed by atoms with Crippen LogP contribution in [-0.2, 0) is 4.79 Å². The van der Waals surface area contributed by atoms with E-state index in [-0.39, 0.29) is 18.5 Å². The highest BCUT2D eigenvalue weighted by Gasteiger charge is 2.21. The Labute approximate surface area is 103 Å². The number of Topliss-reactive ketones (excluding diaryl/α,β-unsaturated/α-hetero) is 1. The molecule has 0 fully saturated rings.